The molecule has 2 N–H and O–H groups in total. The monoisotopic (exact) mass is 391 g/mol. The molecule has 148 valence electrons. The van der Waals surface area contributed by atoms with Crippen molar-refractivity contribution < 1.29 is 14.3 Å². The molecular weight excluding hydrogens is 362 g/mol. The molecule has 1 aromatic rings. The zero-order valence-corrected chi connectivity index (χ0v) is 16.8. The van der Waals surface area contributed by atoms with Crippen molar-refractivity contribution in [3.63, 3.8) is 0 Å². The molecule has 27 heavy (non-hydrogen) atoms. The molecule has 6 nitrogen and oxygen atoms in total. The largest absolute Gasteiger partial charge is 0.384 e. The molecular formula is C20H29N3O3S. The first-order valence-corrected chi connectivity index (χ1v) is 10.7. The molecule has 0 spiro atoms. The van der Waals surface area contributed by atoms with Crippen LogP contribution in [0.25, 0.3) is 0 Å². The minimum Gasteiger partial charge on any atom is -0.384 e. The zero-order valence-electron chi connectivity index (χ0n) is 16.0. The van der Waals surface area contributed by atoms with Crippen molar-refractivity contribution >= 4 is 29.3 Å². The number of carbonyl (C=O) groups excluding carboxylic acids is 2. The molecule has 0 atom stereocenters. The SMILES string of the molecule is COCC1(C(=O)Nc2ccc(CC(=O)N3CCSCC3)cc2)CCNCC1. The summed E-state index contributed by atoms with van der Waals surface area (Å²) in [4.78, 5) is 27.2. The van der Waals surface area contributed by atoms with E-state index in [-0.39, 0.29) is 11.8 Å². The second kappa shape index (κ2) is 9.57. The van der Waals surface area contributed by atoms with Crippen LogP contribution in [-0.2, 0) is 20.7 Å². The number of ether oxygens (including phenoxy) is 1. The van der Waals surface area contributed by atoms with Crippen LogP contribution in [-0.4, -0.2) is 68.1 Å². The maximum atomic E-state index is 12.9. The number of carbonyl (C=O) groups is 2. The Morgan fingerprint density at radius 2 is 1.85 bits per heavy atom. The fourth-order valence-corrected chi connectivity index (χ4v) is 4.59. The van der Waals surface area contributed by atoms with Gasteiger partial charge in [-0.05, 0) is 43.6 Å². The number of hydrogen-bond donors (Lipinski definition) is 2. The lowest BCUT2D eigenvalue weighted by molar-refractivity contribution is -0.131. The van der Waals surface area contributed by atoms with E-state index in [0.29, 0.717) is 13.0 Å². The number of benzene rings is 1. The van der Waals surface area contributed by atoms with Crippen molar-refractivity contribution in [3.05, 3.63) is 29.8 Å². The van der Waals surface area contributed by atoms with E-state index in [2.05, 4.69) is 10.6 Å². The third-order valence-corrected chi connectivity index (χ3v) is 6.34. The number of rotatable bonds is 6. The van der Waals surface area contributed by atoms with Gasteiger partial charge in [-0.1, -0.05) is 12.1 Å². The van der Waals surface area contributed by atoms with Crippen LogP contribution in [0.2, 0.25) is 0 Å². The highest BCUT2D eigenvalue weighted by Gasteiger charge is 2.39. The number of anilines is 1. The quantitative estimate of drug-likeness (QED) is 0.773. The number of nitrogens with zero attached hydrogens (tertiary/aromatic N) is 1. The van der Waals surface area contributed by atoms with E-state index in [9.17, 15) is 9.59 Å². The smallest absolute Gasteiger partial charge is 0.233 e. The molecule has 0 bridgehead atoms. The van der Waals surface area contributed by atoms with Crippen LogP contribution >= 0.6 is 11.8 Å². The van der Waals surface area contributed by atoms with Crippen LogP contribution in [0.1, 0.15) is 18.4 Å². The Balaban J connectivity index is 1.58. The molecule has 7 heteroatoms. The summed E-state index contributed by atoms with van der Waals surface area (Å²) in [6.07, 6.45) is 1.96. The van der Waals surface area contributed by atoms with Crippen molar-refractivity contribution in [3.8, 4) is 0 Å². The van der Waals surface area contributed by atoms with Gasteiger partial charge in [-0.2, -0.15) is 11.8 Å². The van der Waals surface area contributed by atoms with Gasteiger partial charge in [0.15, 0.2) is 0 Å². The fourth-order valence-electron chi connectivity index (χ4n) is 3.69. The Kier molecular flexibility index (Phi) is 7.15. The van der Waals surface area contributed by atoms with Crippen molar-refractivity contribution in [1.29, 1.82) is 0 Å². The van der Waals surface area contributed by atoms with Gasteiger partial charge in [0.25, 0.3) is 0 Å². The summed E-state index contributed by atoms with van der Waals surface area (Å²) in [5.41, 5.74) is 1.27. The van der Waals surface area contributed by atoms with Crippen LogP contribution in [0.4, 0.5) is 5.69 Å². The van der Waals surface area contributed by atoms with E-state index in [1.165, 1.54) is 0 Å². The van der Waals surface area contributed by atoms with Crippen molar-refractivity contribution in [2.24, 2.45) is 5.41 Å². The van der Waals surface area contributed by atoms with Gasteiger partial charge in [0.05, 0.1) is 18.4 Å². The molecule has 2 heterocycles. The highest BCUT2D eigenvalue weighted by Crippen LogP contribution is 2.31. The molecule has 2 amide bonds. The number of hydrogen-bond acceptors (Lipinski definition) is 5. The standard InChI is InChI=1S/C20H29N3O3S/c1-26-15-20(6-8-21-9-7-20)19(25)22-17-4-2-16(3-5-17)14-18(24)23-10-12-27-13-11-23/h2-5,21H,6-15H2,1H3,(H,22,25). The Morgan fingerprint density at radius 3 is 2.48 bits per heavy atom. The molecule has 2 fully saturated rings. The van der Waals surface area contributed by atoms with E-state index in [0.717, 1.165) is 61.8 Å². The third kappa shape index (κ3) is 5.24. The molecule has 0 unspecified atom stereocenters. The highest BCUT2D eigenvalue weighted by atomic mass is 32.2. The predicted molar refractivity (Wildman–Crippen MR) is 109 cm³/mol. The minimum atomic E-state index is -0.471. The molecule has 0 saturated carbocycles. The molecule has 2 aliphatic heterocycles. The van der Waals surface area contributed by atoms with Gasteiger partial charge in [-0.3, -0.25) is 9.59 Å². The van der Waals surface area contributed by atoms with Crippen molar-refractivity contribution in [2.45, 2.75) is 19.3 Å². The molecule has 0 aliphatic carbocycles. The van der Waals surface area contributed by atoms with Gasteiger partial charge in [-0.15, -0.1) is 0 Å². The van der Waals surface area contributed by atoms with Crippen molar-refractivity contribution in [2.75, 3.05) is 56.7 Å². The summed E-state index contributed by atoms with van der Waals surface area (Å²) in [5.74, 6) is 2.24. The van der Waals surface area contributed by atoms with E-state index in [4.69, 9.17) is 4.74 Å². The normalized spacial score (nSPS) is 19.5. The number of methoxy groups -OCH3 is 1. The van der Waals surface area contributed by atoms with Crippen LogP contribution in [0, 0.1) is 5.41 Å². The fraction of sp³-hybridized carbons (Fsp3) is 0.600. The first kappa shape index (κ1) is 20.2. The van der Waals surface area contributed by atoms with Crippen molar-refractivity contribution in [1.82, 2.24) is 10.2 Å². The number of amides is 2. The number of piperidine rings is 1. The molecule has 2 saturated heterocycles. The first-order chi connectivity index (χ1) is 13.1. The van der Waals surface area contributed by atoms with Gasteiger partial charge in [-0.25, -0.2) is 0 Å². The number of thioether (sulfide) groups is 1. The van der Waals surface area contributed by atoms with Crippen LogP contribution in [0.5, 0.6) is 0 Å². The minimum absolute atomic E-state index is 0.0143. The summed E-state index contributed by atoms with van der Waals surface area (Å²) >= 11 is 1.90. The van der Waals surface area contributed by atoms with Crippen LogP contribution < -0.4 is 10.6 Å². The lowest BCUT2D eigenvalue weighted by Crippen LogP contribution is -2.47. The molecule has 2 aliphatic rings. The third-order valence-electron chi connectivity index (χ3n) is 5.39. The Labute approximate surface area is 165 Å². The highest BCUT2D eigenvalue weighted by molar-refractivity contribution is 7.99. The lowest BCUT2D eigenvalue weighted by atomic mass is 9.78. The van der Waals surface area contributed by atoms with Gasteiger partial charge in [0, 0.05) is 37.4 Å². The second-order valence-corrected chi connectivity index (χ2v) is 8.51. The average molecular weight is 392 g/mol. The van der Waals surface area contributed by atoms with Crippen LogP contribution in [0.15, 0.2) is 24.3 Å². The lowest BCUT2D eigenvalue weighted by Gasteiger charge is -2.35. The van der Waals surface area contributed by atoms with E-state index >= 15 is 0 Å². The average Bonchev–Trinajstić information content (AvgIpc) is 2.71. The molecule has 3 rings (SSSR count). The summed E-state index contributed by atoms with van der Waals surface area (Å²) in [7, 11) is 1.64. The van der Waals surface area contributed by atoms with E-state index in [1.54, 1.807) is 7.11 Å². The summed E-state index contributed by atoms with van der Waals surface area (Å²) in [6.45, 7) is 3.77. The van der Waals surface area contributed by atoms with Gasteiger partial charge >= 0.3 is 0 Å². The Morgan fingerprint density at radius 1 is 1.19 bits per heavy atom. The number of nitrogens with one attached hydrogen (secondary N) is 2. The Bertz CT molecular complexity index is 633. The summed E-state index contributed by atoms with van der Waals surface area (Å²) in [6, 6.07) is 7.62. The maximum absolute atomic E-state index is 12.9. The van der Waals surface area contributed by atoms with Gasteiger partial charge < -0.3 is 20.3 Å². The second-order valence-electron chi connectivity index (χ2n) is 7.28. The molecule has 0 radical (unpaired) electrons. The topological polar surface area (TPSA) is 70.7 Å². The molecule has 0 aromatic heterocycles. The molecule has 1 aromatic carbocycles. The summed E-state index contributed by atoms with van der Waals surface area (Å²) in [5, 5.41) is 6.33. The predicted octanol–water partition coefficient (Wildman–Crippen LogP) is 1.76. The maximum Gasteiger partial charge on any atom is 0.233 e. The van der Waals surface area contributed by atoms with Crippen LogP contribution in [0.3, 0.4) is 0 Å². The van der Waals surface area contributed by atoms with Gasteiger partial charge in [0.1, 0.15) is 0 Å². The summed E-state index contributed by atoms with van der Waals surface area (Å²) < 4.78 is 5.33. The zero-order chi connectivity index (χ0) is 19.1. The first-order valence-electron chi connectivity index (χ1n) is 9.58. The Hall–Kier alpha value is -1.57. The van der Waals surface area contributed by atoms with Gasteiger partial charge in [0.2, 0.25) is 11.8 Å². The van der Waals surface area contributed by atoms with E-state index in [1.807, 2.05) is 40.9 Å². The van der Waals surface area contributed by atoms with E-state index < -0.39 is 5.41 Å².